The fourth-order valence-electron chi connectivity index (χ4n) is 2.87. The Hall–Kier alpha value is -3.32. The van der Waals surface area contributed by atoms with Gasteiger partial charge in [-0.15, -0.1) is 10.2 Å². The number of carbonyl (C=O) groups excluding carboxylic acids is 1. The van der Waals surface area contributed by atoms with Crippen molar-refractivity contribution in [1.82, 2.24) is 14.8 Å². The summed E-state index contributed by atoms with van der Waals surface area (Å²) in [5, 5.41) is 12.3. The van der Waals surface area contributed by atoms with Crippen LogP contribution in [0.2, 0.25) is 0 Å². The van der Waals surface area contributed by atoms with E-state index in [2.05, 4.69) is 27.6 Å². The van der Waals surface area contributed by atoms with Crippen molar-refractivity contribution in [2.24, 2.45) is 0 Å². The van der Waals surface area contributed by atoms with Gasteiger partial charge in [0.25, 0.3) is 0 Å². The van der Waals surface area contributed by atoms with Crippen LogP contribution >= 0.6 is 11.8 Å². The molecular formula is C22H20N4O2S. The zero-order valence-corrected chi connectivity index (χ0v) is 16.5. The molecule has 2 aromatic carbocycles. The number of benzene rings is 2. The number of hydrogen-bond donors (Lipinski definition) is 1. The molecule has 29 heavy (non-hydrogen) atoms. The second-order valence-electron chi connectivity index (χ2n) is 6.37. The van der Waals surface area contributed by atoms with E-state index in [1.165, 1.54) is 11.8 Å². The Morgan fingerprint density at radius 3 is 2.45 bits per heavy atom. The number of carbonyl (C=O) groups is 1. The third-order valence-electron chi connectivity index (χ3n) is 4.26. The number of nitrogens with one attached hydrogen (secondary N) is 1. The molecule has 7 heteroatoms. The number of thioether (sulfide) groups is 1. The zero-order chi connectivity index (χ0) is 19.9. The van der Waals surface area contributed by atoms with Crippen molar-refractivity contribution in [3.8, 4) is 11.6 Å². The van der Waals surface area contributed by atoms with Crippen LogP contribution in [-0.2, 0) is 11.3 Å². The van der Waals surface area contributed by atoms with E-state index in [0.29, 0.717) is 30.3 Å². The first kappa shape index (κ1) is 19.0. The lowest BCUT2D eigenvalue weighted by atomic mass is 10.2. The van der Waals surface area contributed by atoms with Gasteiger partial charge in [0, 0.05) is 17.9 Å². The quantitative estimate of drug-likeness (QED) is 0.431. The first-order chi connectivity index (χ1) is 14.3. The van der Waals surface area contributed by atoms with Gasteiger partial charge in [0.1, 0.15) is 0 Å². The minimum absolute atomic E-state index is 0.0240. The highest BCUT2D eigenvalue weighted by Crippen LogP contribution is 2.26. The van der Waals surface area contributed by atoms with Gasteiger partial charge in [-0.1, -0.05) is 60.3 Å². The molecule has 0 saturated heterocycles. The van der Waals surface area contributed by atoms with Crippen LogP contribution in [0, 0.1) is 0 Å². The summed E-state index contributed by atoms with van der Waals surface area (Å²) in [4.78, 5) is 12.2. The number of para-hydroxylation sites is 1. The molecule has 0 aliphatic rings. The lowest BCUT2D eigenvalue weighted by Gasteiger charge is -2.09. The molecular weight excluding hydrogens is 384 g/mol. The van der Waals surface area contributed by atoms with E-state index in [1.54, 1.807) is 6.26 Å². The van der Waals surface area contributed by atoms with Crippen LogP contribution in [0.4, 0.5) is 5.69 Å². The molecule has 4 rings (SSSR count). The maximum Gasteiger partial charge on any atom is 0.225 e. The van der Waals surface area contributed by atoms with E-state index in [4.69, 9.17) is 4.42 Å². The third-order valence-corrected chi connectivity index (χ3v) is 5.23. The number of furan rings is 1. The maximum absolute atomic E-state index is 12.2. The van der Waals surface area contributed by atoms with E-state index in [1.807, 2.05) is 65.2 Å². The molecule has 1 N–H and O–H groups in total. The fourth-order valence-corrected chi connectivity index (χ4v) is 3.75. The predicted molar refractivity (Wildman–Crippen MR) is 114 cm³/mol. The van der Waals surface area contributed by atoms with Gasteiger partial charge in [0.15, 0.2) is 10.9 Å². The highest BCUT2D eigenvalue weighted by molar-refractivity contribution is 7.99. The normalized spacial score (nSPS) is 10.8. The molecule has 146 valence electrons. The molecule has 0 unspecified atom stereocenters. The molecule has 6 nitrogen and oxygen atoms in total. The topological polar surface area (TPSA) is 73.0 Å². The van der Waals surface area contributed by atoms with E-state index >= 15 is 0 Å². The SMILES string of the molecule is O=C(CCSc1nnc(-c2ccco2)n1Cc1ccccc1)Nc1ccccc1. The molecule has 1 amide bonds. The highest BCUT2D eigenvalue weighted by Gasteiger charge is 2.17. The lowest BCUT2D eigenvalue weighted by Crippen LogP contribution is -2.12. The zero-order valence-electron chi connectivity index (χ0n) is 15.7. The number of nitrogens with zero attached hydrogens (tertiary/aromatic N) is 3. The minimum Gasteiger partial charge on any atom is -0.461 e. The van der Waals surface area contributed by atoms with Crippen LogP contribution in [0.25, 0.3) is 11.6 Å². The van der Waals surface area contributed by atoms with Gasteiger partial charge in [0.2, 0.25) is 11.7 Å². The van der Waals surface area contributed by atoms with Gasteiger partial charge in [-0.2, -0.15) is 0 Å². The van der Waals surface area contributed by atoms with E-state index in [0.717, 1.165) is 16.4 Å². The summed E-state index contributed by atoms with van der Waals surface area (Å²) < 4.78 is 7.55. The Morgan fingerprint density at radius 2 is 1.72 bits per heavy atom. The van der Waals surface area contributed by atoms with Crippen LogP contribution in [0.15, 0.2) is 88.6 Å². The van der Waals surface area contributed by atoms with Gasteiger partial charge < -0.3 is 9.73 Å². The lowest BCUT2D eigenvalue weighted by molar-refractivity contribution is -0.115. The number of hydrogen-bond acceptors (Lipinski definition) is 5. The molecule has 0 radical (unpaired) electrons. The average Bonchev–Trinajstić information content (AvgIpc) is 3.40. The largest absolute Gasteiger partial charge is 0.461 e. The van der Waals surface area contributed by atoms with Crippen molar-refractivity contribution in [2.75, 3.05) is 11.1 Å². The number of rotatable bonds is 8. The summed E-state index contributed by atoms with van der Waals surface area (Å²) in [6, 6.07) is 23.3. The summed E-state index contributed by atoms with van der Waals surface area (Å²) in [7, 11) is 0. The van der Waals surface area contributed by atoms with Gasteiger partial charge >= 0.3 is 0 Å². The smallest absolute Gasteiger partial charge is 0.225 e. The second kappa shape index (κ2) is 9.25. The third kappa shape index (κ3) is 4.94. The van der Waals surface area contributed by atoms with Crippen LogP contribution < -0.4 is 5.32 Å². The molecule has 0 saturated carbocycles. The Balaban J connectivity index is 1.44. The van der Waals surface area contributed by atoms with Crippen molar-refractivity contribution in [1.29, 1.82) is 0 Å². The maximum atomic E-state index is 12.2. The molecule has 2 heterocycles. The van der Waals surface area contributed by atoms with Crippen LogP contribution in [0.5, 0.6) is 0 Å². The van der Waals surface area contributed by atoms with Crippen molar-refractivity contribution < 1.29 is 9.21 Å². The minimum atomic E-state index is -0.0240. The molecule has 0 aliphatic heterocycles. The number of aromatic nitrogens is 3. The first-order valence-electron chi connectivity index (χ1n) is 9.28. The molecule has 0 bridgehead atoms. The summed E-state index contributed by atoms with van der Waals surface area (Å²) in [6.45, 7) is 0.627. The molecule has 0 fully saturated rings. The van der Waals surface area contributed by atoms with Crippen LogP contribution in [0.3, 0.4) is 0 Å². The van der Waals surface area contributed by atoms with Crippen LogP contribution in [-0.4, -0.2) is 26.4 Å². The van der Waals surface area contributed by atoms with Crippen LogP contribution in [0.1, 0.15) is 12.0 Å². The molecule has 0 aliphatic carbocycles. The monoisotopic (exact) mass is 404 g/mol. The Morgan fingerprint density at radius 1 is 0.966 bits per heavy atom. The van der Waals surface area contributed by atoms with Gasteiger partial charge in [0.05, 0.1) is 12.8 Å². The summed E-state index contributed by atoms with van der Waals surface area (Å²) in [5.41, 5.74) is 1.94. The summed E-state index contributed by atoms with van der Waals surface area (Å²) in [5.74, 6) is 1.92. The molecule has 0 spiro atoms. The van der Waals surface area contributed by atoms with Gasteiger partial charge in [-0.25, -0.2) is 0 Å². The van der Waals surface area contributed by atoms with Crippen molar-refractivity contribution in [3.63, 3.8) is 0 Å². The van der Waals surface area contributed by atoms with Gasteiger partial charge in [-0.05, 0) is 29.8 Å². The van der Waals surface area contributed by atoms with E-state index in [-0.39, 0.29) is 5.91 Å². The number of amides is 1. The molecule has 2 aromatic heterocycles. The number of anilines is 1. The highest BCUT2D eigenvalue weighted by atomic mass is 32.2. The Kier molecular flexibility index (Phi) is 6.07. The Bertz CT molecular complexity index is 1050. The predicted octanol–water partition coefficient (Wildman–Crippen LogP) is 4.71. The average molecular weight is 404 g/mol. The summed E-state index contributed by atoms with van der Waals surface area (Å²) >= 11 is 1.51. The molecule has 4 aromatic rings. The van der Waals surface area contributed by atoms with E-state index in [9.17, 15) is 4.79 Å². The van der Waals surface area contributed by atoms with Crippen molar-refractivity contribution in [3.05, 3.63) is 84.6 Å². The Labute approximate surface area is 173 Å². The van der Waals surface area contributed by atoms with Crippen molar-refractivity contribution in [2.45, 2.75) is 18.1 Å². The van der Waals surface area contributed by atoms with Crippen molar-refractivity contribution >= 4 is 23.4 Å². The second-order valence-corrected chi connectivity index (χ2v) is 7.43. The van der Waals surface area contributed by atoms with E-state index < -0.39 is 0 Å². The van der Waals surface area contributed by atoms with Gasteiger partial charge in [-0.3, -0.25) is 9.36 Å². The first-order valence-corrected chi connectivity index (χ1v) is 10.3. The summed E-state index contributed by atoms with van der Waals surface area (Å²) in [6.07, 6.45) is 2.01. The molecule has 0 atom stereocenters. The fraction of sp³-hybridized carbons (Fsp3) is 0.136. The standard InChI is InChI=1S/C22H20N4O2S/c27-20(23-18-10-5-2-6-11-18)13-15-29-22-25-24-21(19-12-7-14-28-19)26(22)16-17-8-3-1-4-9-17/h1-12,14H,13,15-16H2,(H,23,27).